The molecule has 4 rings (SSSR count). The monoisotopic (exact) mass is 401 g/mol. The van der Waals surface area contributed by atoms with Crippen molar-refractivity contribution in [1.82, 2.24) is 0 Å². The van der Waals surface area contributed by atoms with E-state index in [1.54, 1.807) is 24.3 Å². The molecule has 1 aliphatic heterocycles. The van der Waals surface area contributed by atoms with Crippen LogP contribution < -0.4 is 4.90 Å². The maximum absolute atomic E-state index is 13.1. The number of ketones is 1. The van der Waals surface area contributed by atoms with Crippen molar-refractivity contribution in [2.75, 3.05) is 4.90 Å². The Morgan fingerprint density at radius 2 is 1.80 bits per heavy atom. The van der Waals surface area contributed by atoms with Gasteiger partial charge in [-0.05, 0) is 49.6 Å². The van der Waals surface area contributed by atoms with Gasteiger partial charge in [0.2, 0.25) is 0 Å². The fourth-order valence-corrected chi connectivity index (χ4v) is 3.93. The first kappa shape index (κ1) is 19.7. The molecule has 0 spiro atoms. The van der Waals surface area contributed by atoms with E-state index in [0.717, 1.165) is 23.1 Å². The summed E-state index contributed by atoms with van der Waals surface area (Å²) in [7, 11) is 0. The number of aliphatic hydroxyl groups excluding tert-OH is 1. The Morgan fingerprint density at radius 1 is 1.07 bits per heavy atom. The van der Waals surface area contributed by atoms with Gasteiger partial charge in [-0.15, -0.1) is 0 Å². The van der Waals surface area contributed by atoms with E-state index in [0.29, 0.717) is 17.0 Å². The second-order valence-corrected chi connectivity index (χ2v) is 7.52. The highest BCUT2D eigenvalue weighted by molar-refractivity contribution is 6.51. The fraction of sp³-hybridized carbons (Fsp3) is 0.200. The number of anilines is 1. The van der Waals surface area contributed by atoms with Crippen LogP contribution in [0.25, 0.3) is 5.76 Å². The van der Waals surface area contributed by atoms with Crippen molar-refractivity contribution >= 4 is 23.1 Å². The lowest BCUT2D eigenvalue weighted by molar-refractivity contribution is -0.132. The minimum Gasteiger partial charge on any atom is -0.507 e. The van der Waals surface area contributed by atoms with Crippen molar-refractivity contribution in [2.45, 2.75) is 33.2 Å². The molecule has 5 nitrogen and oxygen atoms in total. The smallest absolute Gasteiger partial charge is 0.300 e. The van der Waals surface area contributed by atoms with Crippen LogP contribution in [0, 0.1) is 13.8 Å². The summed E-state index contributed by atoms with van der Waals surface area (Å²) in [5.41, 5.74) is 4.16. The average Bonchev–Trinajstić information content (AvgIpc) is 3.35. The zero-order valence-electron chi connectivity index (χ0n) is 17.2. The van der Waals surface area contributed by atoms with Crippen LogP contribution in [-0.4, -0.2) is 16.8 Å². The predicted molar refractivity (Wildman–Crippen MR) is 115 cm³/mol. The van der Waals surface area contributed by atoms with Crippen molar-refractivity contribution in [3.8, 4) is 0 Å². The third kappa shape index (κ3) is 3.22. The summed E-state index contributed by atoms with van der Waals surface area (Å²) in [5.74, 6) is -1.20. The topological polar surface area (TPSA) is 70.8 Å². The van der Waals surface area contributed by atoms with Crippen molar-refractivity contribution in [1.29, 1.82) is 0 Å². The first-order valence-electron chi connectivity index (χ1n) is 9.93. The quantitative estimate of drug-likeness (QED) is 0.376. The van der Waals surface area contributed by atoms with Gasteiger partial charge in [-0.1, -0.05) is 48.9 Å². The zero-order chi connectivity index (χ0) is 21.4. The van der Waals surface area contributed by atoms with Crippen LogP contribution in [0.5, 0.6) is 0 Å². The first-order valence-corrected chi connectivity index (χ1v) is 9.93. The summed E-state index contributed by atoms with van der Waals surface area (Å²) >= 11 is 0. The van der Waals surface area contributed by atoms with Crippen LogP contribution in [0.2, 0.25) is 0 Å². The van der Waals surface area contributed by atoms with E-state index < -0.39 is 17.7 Å². The van der Waals surface area contributed by atoms with Gasteiger partial charge in [-0.25, -0.2) is 0 Å². The lowest BCUT2D eigenvalue weighted by Crippen LogP contribution is -2.30. The van der Waals surface area contributed by atoms with E-state index in [2.05, 4.69) is 0 Å². The molecule has 1 N–H and O–H groups in total. The van der Waals surface area contributed by atoms with Crippen molar-refractivity contribution in [3.63, 3.8) is 0 Å². The molecule has 1 unspecified atom stereocenters. The van der Waals surface area contributed by atoms with Gasteiger partial charge in [0.15, 0.2) is 0 Å². The van der Waals surface area contributed by atoms with Gasteiger partial charge in [-0.2, -0.15) is 0 Å². The summed E-state index contributed by atoms with van der Waals surface area (Å²) < 4.78 is 5.59. The van der Waals surface area contributed by atoms with Gasteiger partial charge >= 0.3 is 0 Å². The summed E-state index contributed by atoms with van der Waals surface area (Å²) in [6.45, 7) is 5.90. The van der Waals surface area contributed by atoms with Gasteiger partial charge in [-0.3, -0.25) is 14.5 Å². The maximum atomic E-state index is 13.1. The number of amides is 1. The van der Waals surface area contributed by atoms with Gasteiger partial charge in [0, 0.05) is 11.3 Å². The molecule has 1 aromatic heterocycles. The first-order chi connectivity index (χ1) is 14.4. The summed E-state index contributed by atoms with van der Waals surface area (Å²) in [6.07, 6.45) is 2.36. The molecule has 1 aliphatic rings. The minimum atomic E-state index is -0.841. The molecule has 30 heavy (non-hydrogen) atoms. The number of benzene rings is 2. The highest BCUT2D eigenvalue weighted by Crippen LogP contribution is 2.43. The van der Waals surface area contributed by atoms with E-state index in [1.165, 1.54) is 11.2 Å². The number of aliphatic hydroxyl groups is 1. The molecule has 1 amide bonds. The van der Waals surface area contributed by atoms with Crippen LogP contribution in [0.3, 0.4) is 0 Å². The second-order valence-electron chi connectivity index (χ2n) is 7.52. The summed E-state index contributed by atoms with van der Waals surface area (Å²) in [4.78, 5) is 27.6. The van der Waals surface area contributed by atoms with Crippen LogP contribution in [0.15, 0.2) is 70.9 Å². The SMILES string of the molecule is CCc1ccc(/C(O)=C2/C(=O)C(=O)N(c3ccc(C)cc3C)C2c2ccco2)cc1. The third-order valence-electron chi connectivity index (χ3n) is 5.50. The largest absolute Gasteiger partial charge is 0.507 e. The molecule has 1 saturated heterocycles. The van der Waals surface area contributed by atoms with E-state index in [-0.39, 0.29) is 11.3 Å². The third-order valence-corrected chi connectivity index (χ3v) is 5.50. The standard InChI is InChI=1S/C25H23NO4/c1-4-17-8-10-18(11-9-17)23(27)21-22(20-6-5-13-30-20)26(25(29)24(21)28)19-12-7-15(2)14-16(19)3/h5-14,22,27H,4H2,1-3H3/b23-21-. The molecule has 0 radical (unpaired) electrons. The highest BCUT2D eigenvalue weighted by atomic mass is 16.3. The lowest BCUT2D eigenvalue weighted by atomic mass is 9.98. The van der Waals surface area contributed by atoms with Gasteiger partial charge < -0.3 is 9.52 Å². The molecule has 1 atom stereocenters. The Kier molecular flexibility index (Phi) is 5.04. The Morgan fingerprint density at radius 3 is 2.40 bits per heavy atom. The number of aryl methyl sites for hydroxylation is 3. The van der Waals surface area contributed by atoms with E-state index in [9.17, 15) is 14.7 Å². The second kappa shape index (κ2) is 7.67. The van der Waals surface area contributed by atoms with E-state index in [1.807, 2.05) is 51.1 Å². The molecule has 0 aliphatic carbocycles. The van der Waals surface area contributed by atoms with Crippen molar-refractivity contribution in [2.24, 2.45) is 0 Å². The van der Waals surface area contributed by atoms with Crippen molar-refractivity contribution < 1.29 is 19.1 Å². The number of furan rings is 1. The number of nitrogens with zero attached hydrogens (tertiary/aromatic N) is 1. The van der Waals surface area contributed by atoms with E-state index in [4.69, 9.17) is 4.42 Å². The minimum absolute atomic E-state index is 0.0270. The van der Waals surface area contributed by atoms with Crippen molar-refractivity contribution in [3.05, 3.63) is 94.4 Å². The number of Topliss-reactive ketones (excluding diaryl/α,β-unsaturated/α-hetero) is 1. The lowest BCUT2D eigenvalue weighted by Gasteiger charge is -2.25. The average molecular weight is 401 g/mol. The number of hydrogen-bond donors (Lipinski definition) is 1. The summed E-state index contributed by atoms with van der Waals surface area (Å²) in [5, 5.41) is 11.1. The predicted octanol–water partition coefficient (Wildman–Crippen LogP) is 5.09. The molecule has 3 aromatic rings. The highest BCUT2D eigenvalue weighted by Gasteiger charge is 2.48. The number of rotatable bonds is 4. The molecular formula is C25H23NO4. The van der Waals surface area contributed by atoms with Crippen LogP contribution in [0.1, 0.15) is 41.0 Å². The Labute approximate surface area is 175 Å². The maximum Gasteiger partial charge on any atom is 0.300 e. The Hall–Kier alpha value is -3.60. The van der Waals surface area contributed by atoms with Gasteiger partial charge in [0.1, 0.15) is 17.6 Å². The number of hydrogen-bond acceptors (Lipinski definition) is 4. The zero-order valence-corrected chi connectivity index (χ0v) is 17.2. The van der Waals surface area contributed by atoms with E-state index >= 15 is 0 Å². The molecule has 0 bridgehead atoms. The Bertz CT molecular complexity index is 1140. The normalized spacial score (nSPS) is 18.2. The molecule has 2 heterocycles. The number of carbonyl (C=O) groups excluding carboxylic acids is 2. The molecule has 5 heteroatoms. The Balaban J connectivity index is 1.91. The van der Waals surface area contributed by atoms with Gasteiger partial charge in [0.25, 0.3) is 11.7 Å². The molecule has 152 valence electrons. The van der Waals surface area contributed by atoms with Crippen LogP contribution >= 0.6 is 0 Å². The molecule has 1 fully saturated rings. The molecule has 0 saturated carbocycles. The van der Waals surface area contributed by atoms with Crippen LogP contribution in [-0.2, 0) is 16.0 Å². The summed E-state index contributed by atoms with van der Waals surface area (Å²) in [6, 6.07) is 15.6. The fourth-order valence-electron chi connectivity index (χ4n) is 3.93. The molecule has 2 aromatic carbocycles. The molecular weight excluding hydrogens is 378 g/mol. The van der Waals surface area contributed by atoms with Gasteiger partial charge in [0.05, 0.1) is 11.8 Å². The number of carbonyl (C=O) groups is 2. The van der Waals surface area contributed by atoms with Crippen LogP contribution in [0.4, 0.5) is 5.69 Å².